The van der Waals surface area contributed by atoms with Gasteiger partial charge in [-0.15, -0.1) is 24.8 Å². The molecule has 0 unspecified atom stereocenters. The van der Waals surface area contributed by atoms with E-state index in [0.717, 1.165) is 31.7 Å². The van der Waals surface area contributed by atoms with Crippen molar-refractivity contribution in [3.63, 3.8) is 0 Å². The molecule has 1 aromatic carbocycles. The lowest BCUT2D eigenvalue weighted by Crippen LogP contribution is -2.46. The standard InChI is InChI=1S/C16H23ClN2O.2ClH/c17-14-7-3-6-13(16(14)20)15(12-4-1-2-5-12)19-10-8-18-9-11-19;;/h3,6-7,12,15,18,20H,1-2,4-5,8-11H2;2*1H/t15-;;/m1../s1. The SMILES string of the molecule is Cl.Cl.Oc1c(Cl)cccc1[C@@H](C1CCCC1)N1CCNCC1. The first-order valence-electron chi connectivity index (χ1n) is 7.69. The number of halogens is 3. The van der Waals surface area contributed by atoms with Crippen LogP contribution in [-0.2, 0) is 0 Å². The number of hydrogen-bond acceptors (Lipinski definition) is 3. The predicted molar refractivity (Wildman–Crippen MR) is 96.8 cm³/mol. The molecule has 1 heterocycles. The molecular formula is C16H25Cl3N2O. The van der Waals surface area contributed by atoms with Gasteiger partial charge in [0, 0.05) is 37.8 Å². The van der Waals surface area contributed by atoms with Gasteiger partial charge in [-0.25, -0.2) is 0 Å². The summed E-state index contributed by atoms with van der Waals surface area (Å²) in [5.41, 5.74) is 1.02. The van der Waals surface area contributed by atoms with E-state index < -0.39 is 0 Å². The summed E-state index contributed by atoms with van der Waals surface area (Å²) in [4.78, 5) is 2.53. The van der Waals surface area contributed by atoms with E-state index in [9.17, 15) is 5.11 Å². The molecule has 22 heavy (non-hydrogen) atoms. The van der Waals surface area contributed by atoms with E-state index in [1.165, 1.54) is 25.7 Å². The van der Waals surface area contributed by atoms with Crippen LogP contribution in [0.25, 0.3) is 0 Å². The fourth-order valence-corrected chi connectivity index (χ4v) is 3.93. The fraction of sp³-hybridized carbons (Fsp3) is 0.625. The third-order valence-corrected chi connectivity index (χ3v) is 5.03. The number of nitrogens with zero attached hydrogens (tertiary/aromatic N) is 1. The van der Waals surface area contributed by atoms with Gasteiger partial charge in [-0.3, -0.25) is 4.90 Å². The number of rotatable bonds is 3. The summed E-state index contributed by atoms with van der Waals surface area (Å²) in [7, 11) is 0. The van der Waals surface area contributed by atoms with Gasteiger partial charge in [-0.05, 0) is 24.8 Å². The van der Waals surface area contributed by atoms with Gasteiger partial charge in [0.1, 0.15) is 5.75 Å². The molecule has 1 atom stereocenters. The van der Waals surface area contributed by atoms with E-state index >= 15 is 0 Å². The van der Waals surface area contributed by atoms with Gasteiger partial charge in [0.05, 0.1) is 5.02 Å². The van der Waals surface area contributed by atoms with Crippen molar-refractivity contribution >= 4 is 36.4 Å². The molecule has 6 heteroatoms. The zero-order valence-corrected chi connectivity index (χ0v) is 15.0. The lowest BCUT2D eigenvalue weighted by atomic mass is 9.89. The molecule has 126 valence electrons. The molecule has 2 aliphatic rings. The number of piperazine rings is 1. The maximum absolute atomic E-state index is 10.4. The molecule has 1 aliphatic heterocycles. The average molecular weight is 368 g/mol. The molecule has 1 aromatic rings. The van der Waals surface area contributed by atoms with Crippen LogP contribution in [0.4, 0.5) is 0 Å². The van der Waals surface area contributed by atoms with Crippen LogP contribution in [0.2, 0.25) is 5.02 Å². The minimum atomic E-state index is 0. The van der Waals surface area contributed by atoms with Gasteiger partial charge in [0.15, 0.2) is 0 Å². The van der Waals surface area contributed by atoms with Crippen molar-refractivity contribution < 1.29 is 5.11 Å². The van der Waals surface area contributed by atoms with Crippen molar-refractivity contribution in [1.29, 1.82) is 0 Å². The number of phenolic OH excluding ortho intramolecular Hbond substituents is 1. The Morgan fingerprint density at radius 1 is 1.14 bits per heavy atom. The maximum atomic E-state index is 10.4. The highest BCUT2D eigenvalue weighted by molar-refractivity contribution is 6.32. The normalized spacial score (nSPS) is 21.0. The van der Waals surface area contributed by atoms with E-state index in [2.05, 4.69) is 10.2 Å². The zero-order valence-electron chi connectivity index (χ0n) is 12.6. The van der Waals surface area contributed by atoms with E-state index in [0.29, 0.717) is 17.0 Å². The predicted octanol–water partition coefficient (Wildman–Crippen LogP) is 4.03. The molecule has 2 fully saturated rings. The Hall–Kier alpha value is -0.190. The zero-order chi connectivity index (χ0) is 13.9. The lowest BCUT2D eigenvalue weighted by Gasteiger charge is -2.39. The molecule has 1 saturated carbocycles. The van der Waals surface area contributed by atoms with E-state index in [1.807, 2.05) is 12.1 Å². The first kappa shape index (κ1) is 19.9. The van der Waals surface area contributed by atoms with Crippen LogP contribution in [0.3, 0.4) is 0 Å². The number of hydrogen-bond donors (Lipinski definition) is 2. The third kappa shape index (κ3) is 4.21. The van der Waals surface area contributed by atoms with Crippen molar-refractivity contribution in [1.82, 2.24) is 10.2 Å². The summed E-state index contributed by atoms with van der Waals surface area (Å²) in [5.74, 6) is 0.932. The Kier molecular flexibility index (Phi) is 8.29. The summed E-state index contributed by atoms with van der Waals surface area (Å²) in [6, 6.07) is 6.09. The number of benzene rings is 1. The Labute approximate surface area is 150 Å². The molecule has 1 saturated heterocycles. The quantitative estimate of drug-likeness (QED) is 0.847. The van der Waals surface area contributed by atoms with Gasteiger partial charge in [-0.1, -0.05) is 36.6 Å². The molecule has 3 rings (SSSR count). The Morgan fingerprint density at radius 3 is 2.41 bits per heavy atom. The Bertz CT molecular complexity index is 461. The molecule has 3 nitrogen and oxygen atoms in total. The summed E-state index contributed by atoms with van der Waals surface area (Å²) in [6.45, 7) is 4.16. The fourth-order valence-electron chi connectivity index (χ4n) is 3.75. The second-order valence-electron chi connectivity index (χ2n) is 5.95. The highest BCUT2D eigenvalue weighted by Crippen LogP contribution is 2.44. The molecule has 0 radical (unpaired) electrons. The minimum Gasteiger partial charge on any atom is -0.506 e. The van der Waals surface area contributed by atoms with Crippen LogP contribution in [0.5, 0.6) is 5.75 Å². The van der Waals surface area contributed by atoms with Gasteiger partial charge in [-0.2, -0.15) is 0 Å². The van der Waals surface area contributed by atoms with Crippen LogP contribution in [-0.4, -0.2) is 36.2 Å². The monoisotopic (exact) mass is 366 g/mol. The molecule has 2 N–H and O–H groups in total. The molecule has 0 spiro atoms. The van der Waals surface area contributed by atoms with E-state index in [4.69, 9.17) is 11.6 Å². The lowest BCUT2D eigenvalue weighted by molar-refractivity contribution is 0.123. The van der Waals surface area contributed by atoms with Gasteiger partial charge in [0.25, 0.3) is 0 Å². The average Bonchev–Trinajstić information content (AvgIpc) is 2.99. The summed E-state index contributed by atoms with van der Waals surface area (Å²) in [6.07, 6.45) is 5.16. The number of phenols is 1. The second-order valence-corrected chi connectivity index (χ2v) is 6.36. The van der Waals surface area contributed by atoms with Crippen molar-refractivity contribution in [2.45, 2.75) is 31.7 Å². The summed E-state index contributed by atoms with van der Waals surface area (Å²) >= 11 is 6.12. The summed E-state index contributed by atoms with van der Waals surface area (Å²) < 4.78 is 0. The molecular weight excluding hydrogens is 343 g/mol. The Balaban J connectivity index is 0.00000121. The van der Waals surface area contributed by atoms with Crippen LogP contribution in [0.15, 0.2) is 18.2 Å². The second kappa shape index (κ2) is 9.19. The van der Waals surface area contributed by atoms with Crippen LogP contribution in [0.1, 0.15) is 37.3 Å². The maximum Gasteiger partial charge on any atom is 0.138 e. The highest BCUT2D eigenvalue weighted by atomic mass is 35.5. The number of nitrogens with one attached hydrogen (secondary N) is 1. The highest BCUT2D eigenvalue weighted by Gasteiger charge is 2.33. The number of para-hydroxylation sites is 1. The third-order valence-electron chi connectivity index (χ3n) is 4.73. The number of aromatic hydroxyl groups is 1. The summed E-state index contributed by atoms with van der Waals surface area (Å²) in [5, 5.41) is 14.3. The first-order chi connectivity index (χ1) is 9.77. The minimum absolute atomic E-state index is 0. The molecule has 0 bridgehead atoms. The van der Waals surface area contributed by atoms with Crippen molar-refractivity contribution in [2.75, 3.05) is 26.2 Å². The Morgan fingerprint density at radius 2 is 1.77 bits per heavy atom. The van der Waals surface area contributed by atoms with Crippen LogP contribution < -0.4 is 5.32 Å². The smallest absolute Gasteiger partial charge is 0.138 e. The van der Waals surface area contributed by atoms with Crippen molar-refractivity contribution in [2.24, 2.45) is 5.92 Å². The van der Waals surface area contributed by atoms with E-state index in [1.54, 1.807) is 6.07 Å². The molecule has 0 aromatic heterocycles. The van der Waals surface area contributed by atoms with E-state index in [-0.39, 0.29) is 30.6 Å². The molecule has 1 aliphatic carbocycles. The molecule has 0 amide bonds. The van der Waals surface area contributed by atoms with Gasteiger partial charge in [0.2, 0.25) is 0 Å². The van der Waals surface area contributed by atoms with Crippen LogP contribution >= 0.6 is 36.4 Å². The van der Waals surface area contributed by atoms with Gasteiger partial charge >= 0.3 is 0 Å². The van der Waals surface area contributed by atoms with Crippen LogP contribution in [0, 0.1) is 5.92 Å². The topological polar surface area (TPSA) is 35.5 Å². The first-order valence-corrected chi connectivity index (χ1v) is 8.07. The van der Waals surface area contributed by atoms with Crippen molar-refractivity contribution in [3.8, 4) is 5.75 Å². The van der Waals surface area contributed by atoms with Crippen molar-refractivity contribution in [3.05, 3.63) is 28.8 Å². The largest absolute Gasteiger partial charge is 0.506 e. The van der Waals surface area contributed by atoms with Gasteiger partial charge < -0.3 is 10.4 Å².